The molecule has 4 nitrogen and oxygen atoms in total. The molecule has 1 heterocycles. The molecule has 114 valence electrons. The first-order valence-corrected chi connectivity index (χ1v) is 7.95. The van der Waals surface area contributed by atoms with Gasteiger partial charge in [-0.2, -0.15) is 5.10 Å². The van der Waals surface area contributed by atoms with Gasteiger partial charge in [0.15, 0.2) is 0 Å². The minimum absolute atomic E-state index is 0.292. The third-order valence-electron chi connectivity index (χ3n) is 3.46. The van der Waals surface area contributed by atoms with Crippen LogP contribution in [0.15, 0.2) is 28.9 Å². The molecular weight excluding hydrogens is 352 g/mol. The number of likely N-dealkylation sites (N-methyl/N-ethyl adjacent to an activating group) is 1. The van der Waals surface area contributed by atoms with Gasteiger partial charge in [0.05, 0.1) is 29.5 Å². The smallest absolute Gasteiger partial charge is 0.0837 e. The van der Waals surface area contributed by atoms with Crippen molar-refractivity contribution in [2.75, 3.05) is 20.6 Å². The monoisotopic (exact) mass is 370 g/mol. The van der Waals surface area contributed by atoms with Crippen LogP contribution in [-0.2, 0) is 6.54 Å². The Kier molecular flexibility index (Phi) is 5.43. The van der Waals surface area contributed by atoms with Crippen LogP contribution in [0.5, 0.6) is 0 Å². The van der Waals surface area contributed by atoms with Crippen LogP contribution in [0.3, 0.4) is 0 Å². The van der Waals surface area contributed by atoms with Gasteiger partial charge in [-0.25, -0.2) is 0 Å². The van der Waals surface area contributed by atoms with Gasteiger partial charge < -0.3 is 10.6 Å². The Balaban J connectivity index is 2.36. The summed E-state index contributed by atoms with van der Waals surface area (Å²) < 4.78 is 2.90. The molecule has 0 amide bonds. The van der Waals surface area contributed by atoms with Crippen molar-refractivity contribution in [3.05, 3.63) is 50.7 Å². The van der Waals surface area contributed by atoms with Crippen LogP contribution in [0.1, 0.15) is 22.9 Å². The zero-order chi connectivity index (χ0) is 15.6. The van der Waals surface area contributed by atoms with Gasteiger partial charge in [-0.15, -0.1) is 0 Å². The van der Waals surface area contributed by atoms with Crippen molar-refractivity contribution in [2.24, 2.45) is 5.73 Å². The summed E-state index contributed by atoms with van der Waals surface area (Å²) in [6.45, 7) is 3.70. The number of benzene rings is 1. The molecule has 2 aromatic rings. The molecule has 2 N–H and O–H groups in total. The highest BCUT2D eigenvalue weighted by molar-refractivity contribution is 9.10. The molecule has 0 spiro atoms. The fraction of sp³-hybridized carbons (Fsp3) is 0.400. The minimum Gasteiger partial charge on any atom is -0.319 e. The topological polar surface area (TPSA) is 47.1 Å². The van der Waals surface area contributed by atoms with Gasteiger partial charge in [0.1, 0.15) is 0 Å². The standard InChI is InChI=1S/C15H20BrClN4/c1-10-4-5-11(16)8-12(10)14(18)15-13(17)9-19-21(15)7-6-20(2)3/h4-5,8-9,14H,6-7,18H2,1-3H3. The second-order valence-corrected chi connectivity index (χ2v) is 6.71. The maximum absolute atomic E-state index is 6.46. The third kappa shape index (κ3) is 3.86. The molecule has 0 aliphatic rings. The highest BCUT2D eigenvalue weighted by atomic mass is 79.9. The first-order valence-electron chi connectivity index (χ1n) is 6.77. The van der Waals surface area contributed by atoms with Crippen LogP contribution in [0.2, 0.25) is 5.02 Å². The van der Waals surface area contributed by atoms with Crippen molar-refractivity contribution in [1.29, 1.82) is 0 Å². The fourth-order valence-corrected chi connectivity index (χ4v) is 2.89. The van der Waals surface area contributed by atoms with E-state index in [1.807, 2.05) is 37.0 Å². The molecule has 2 rings (SSSR count). The van der Waals surface area contributed by atoms with Crippen molar-refractivity contribution in [3.8, 4) is 0 Å². The van der Waals surface area contributed by atoms with Crippen molar-refractivity contribution >= 4 is 27.5 Å². The van der Waals surface area contributed by atoms with E-state index in [4.69, 9.17) is 17.3 Å². The molecule has 0 aliphatic heterocycles. The van der Waals surface area contributed by atoms with Crippen LogP contribution in [0.25, 0.3) is 0 Å². The van der Waals surface area contributed by atoms with Crippen LogP contribution < -0.4 is 5.73 Å². The molecule has 0 fully saturated rings. The Bertz CT molecular complexity index is 624. The molecule has 1 unspecified atom stereocenters. The van der Waals surface area contributed by atoms with Crippen LogP contribution >= 0.6 is 27.5 Å². The highest BCUT2D eigenvalue weighted by Crippen LogP contribution is 2.30. The van der Waals surface area contributed by atoms with Gasteiger partial charge in [0, 0.05) is 11.0 Å². The summed E-state index contributed by atoms with van der Waals surface area (Å²) in [4.78, 5) is 2.11. The summed E-state index contributed by atoms with van der Waals surface area (Å²) >= 11 is 9.81. The average molecular weight is 372 g/mol. The normalized spacial score (nSPS) is 12.9. The van der Waals surface area contributed by atoms with Crippen LogP contribution in [-0.4, -0.2) is 35.3 Å². The first kappa shape index (κ1) is 16.5. The van der Waals surface area contributed by atoms with E-state index in [0.29, 0.717) is 5.02 Å². The lowest BCUT2D eigenvalue weighted by atomic mass is 9.99. The lowest BCUT2D eigenvalue weighted by molar-refractivity contribution is 0.368. The van der Waals surface area contributed by atoms with Gasteiger partial charge in [0.2, 0.25) is 0 Å². The molecular formula is C15H20BrClN4. The highest BCUT2D eigenvalue weighted by Gasteiger charge is 2.20. The van der Waals surface area contributed by atoms with E-state index in [-0.39, 0.29) is 6.04 Å². The SMILES string of the molecule is Cc1ccc(Br)cc1C(N)c1c(Cl)cnn1CCN(C)C. The third-order valence-corrected chi connectivity index (χ3v) is 4.25. The van der Waals surface area contributed by atoms with Crippen molar-refractivity contribution in [1.82, 2.24) is 14.7 Å². The number of aromatic nitrogens is 2. The van der Waals surface area contributed by atoms with E-state index in [0.717, 1.165) is 34.4 Å². The summed E-state index contributed by atoms with van der Waals surface area (Å²) in [5.41, 5.74) is 9.51. The molecule has 0 bridgehead atoms. The summed E-state index contributed by atoms with van der Waals surface area (Å²) in [7, 11) is 4.06. The largest absolute Gasteiger partial charge is 0.319 e. The van der Waals surface area contributed by atoms with Gasteiger partial charge in [-0.1, -0.05) is 33.6 Å². The Labute approximate surface area is 139 Å². The molecule has 6 heteroatoms. The van der Waals surface area contributed by atoms with E-state index >= 15 is 0 Å². The van der Waals surface area contributed by atoms with Crippen LogP contribution in [0, 0.1) is 6.92 Å². The number of hydrogen-bond acceptors (Lipinski definition) is 3. The first-order chi connectivity index (χ1) is 9.90. The molecule has 1 aromatic carbocycles. The fourth-order valence-electron chi connectivity index (χ4n) is 2.25. The second-order valence-electron chi connectivity index (χ2n) is 5.38. The zero-order valence-electron chi connectivity index (χ0n) is 12.5. The van der Waals surface area contributed by atoms with E-state index in [1.165, 1.54) is 0 Å². The van der Waals surface area contributed by atoms with Crippen molar-refractivity contribution < 1.29 is 0 Å². The summed E-state index contributed by atoms with van der Waals surface area (Å²) in [6.07, 6.45) is 1.67. The van der Waals surface area contributed by atoms with E-state index in [2.05, 4.69) is 32.9 Å². The minimum atomic E-state index is -0.292. The average Bonchev–Trinajstić information content (AvgIpc) is 2.79. The predicted molar refractivity (Wildman–Crippen MR) is 90.7 cm³/mol. The number of nitrogens with zero attached hydrogens (tertiary/aromatic N) is 3. The number of hydrogen-bond donors (Lipinski definition) is 1. The van der Waals surface area contributed by atoms with Gasteiger partial charge in [-0.3, -0.25) is 4.68 Å². The molecule has 21 heavy (non-hydrogen) atoms. The molecule has 1 aromatic heterocycles. The van der Waals surface area contributed by atoms with E-state index in [1.54, 1.807) is 6.20 Å². The van der Waals surface area contributed by atoms with E-state index < -0.39 is 0 Å². The van der Waals surface area contributed by atoms with Gasteiger partial charge >= 0.3 is 0 Å². The summed E-state index contributed by atoms with van der Waals surface area (Å²) in [5, 5.41) is 4.96. The van der Waals surface area contributed by atoms with Crippen molar-refractivity contribution in [3.63, 3.8) is 0 Å². The lowest BCUT2D eigenvalue weighted by Crippen LogP contribution is -2.24. The predicted octanol–water partition coefficient (Wildman–Crippen LogP) is 3.22. The Morgan fingerprint density at radius 1 is 1.43 bits per heavy atom. The summed E-state index contributed by atoms with van der Waals surface area (Å²) in [5.74, 6) is 0. The van der Waals surface area contributed by atoms with Gasteiger partial charge in [0.25, 0.3) is 0 Å². The Hall–Kier alpha value is -0.880. The number of nitrogens with two attached hydrogens (primary N) is 1. The lowest BCUT2D eigenvalue weighted by Gasteiger charge is -2.19. The van der Waals surface area contributed by atoms with Gasteiger partial charge in [-0.05, 0) is 44.3 Å². The van der Waals surface area contributed by atoms with E-state index in [9.17, 15) is 0 Å². The Morgan fingerprint density at radius 2 is 2.14 bits per heavy atom. The number of rotatable bonds is 5. The maximum atomic E-state index is 6.46. The molecule has 0 saturated carbocycles. The molecule has 0 radical (unpaired) electrons. The zero-order valence-corrected chi connectivity index (χ0v) is 14.8. The quantitative estimate of drug-likeness (QED) is 0.878. The number of halogens is 2. The number of aryl methyl sites for hydroxylation is 1. The van der Waals surface area contributed by atoms with Crippen LogP contribution in [0.4, 0.5) is 0 Å². The maximum Gasteiger partial charge on any atom is 0.0837 e. The summed E-state index contributed by atoms with van der Waals surface area (Å²) in [6, 6.07) is 5.81. The molecule has 0 aliphatic carbocycles. The van der Waals surface area contributed by atoms with Crippen molar-refractivity contribution in [2.45, 2.75) is 19.5 Å². The second kappa shape index (κ2) is 6.92. The Morgan fingerprint density at radius 3 is 2.81 bits per heavy atom. The molecule has 0 saturated heterocycles. The molecule has 1 atom stereocenters.